The average molecular weight is 247 g/mol. The first kappa shape index (κ1) is 12.3. The van der Waals surface area contributed by atoms with E-state index in [4.69, 9.17) is 4.42 Å². The van der Waals surface area contributed by atoms with E-state index in [0.717, 1.165) is 18.1 Å². The Hall–Kier alpha value is -0.760. The second-order valence-electron chi connectivity index (χ2n) is 7.04. The summed E-state index contributed by atoms with van der Waals surface area (Å²) in [4.78, 5) is 0. The highest BCUT2D eigenvalue weighted by Crippen LogP contribution is 2.42. The van der Waals surface area contributed by atoms with Crippen LogP contribution in [0.3, 0.4) is 0 Å². The van der Waals surface area contributed by atoms with Gasteiger partial charge in [-0.3, -0.25) is 0 Å². The topological polar surface area (TPSA) is 25.2 Å². The fourth-order valence-corrected chi connectivity index (χ4v) is 3.37. The summed E-state index contributed by atoms with van der Waals surface area (Å²) in [5.74, 6) is 3.20. The Kier molecular flexibility index (Phi) is 3.01. The molecule has 18 heavy (non-hydrogen) atoms. The highest BCUT2D eigenvalue weighted by Gasteiger charge is 2.35. The third-order valence-electron chi connectivity index (χ3n) is 4.61. The minimum Gasteiger partial charge on any atom is -0.466 e. The molecule has 2 aliphatic rings. The predicted molar refractivity (Wildman–Crippen MR) is 73.6 cm³/mol. The van der Waals surface area contributed by atoms with E-state index in [2.05, 4.69) is 32.2 Å². The number of furan rings is 1. The largest absolute Gasteiger partial charge is 0.466 e. The van der Waals surface area contributed by atoms with E-state index in [-0.39, 0.29) is 0 Å². The zero-order chi connectivity index (χ0) is 12.8. The van der Waals surface area contributed by atoms with E-state index in [1.807, 2.05) is 0 Å². The molecule has 1 atom stereocenters. The molecule has 0 spiro atoms. The van der Waals surface area contributed by atoms with Crippen molar-refractivity contribution >= 4 is 0 Å². The van der Waals surface area contributed by atoms with Gasteiger partial charge in [0.25, 0.3) is 0 Å². The molecule has 1 aromatic heterocycles. The van der Waals surface area contributed by atoms with Crippen molar-refractivity contribution in [2.75, 3.05) is 6.54 Å². The number of nitrogens with one attached hydrogen (secondary N) is 1. The van der Waals surface area contributed by atoms with Crippen LogP contribution in [0.5, 0.6) is 0 Å². The molecule has 0 aromatic carbocycles. The third-order valence-corrected chi connectivity index (χ3v) is 4.61. The summed E-state index contributed by atoms with van der Waals surface area (Å²) >= 11 is 0. The van der Waals surface area contributed by atoms with E-state index in [9.17, 15) is 0 Å². The summed E-state index contributed by atoms with van der Waals surface area (Å²) in [5.41, 5.74) is 1.78. The molecule has 2 heteroatoms. The Bertz CT molecular complexity index is 428. The second kappa shape index (κ2) is 4.41. The van der Waals surface area contributed by atoms with Crippen molar-refractivity contribution < 1.29 is 4.42 Å². The van der Waals surface area contributed by atoms with Crippen LogP contribution >= 0.6 is 0 Å². The number of aryl methyl sites for hydroxylation is 1. The summed E-state index contributed by atoms with van der Waals surface area (Å²) in [5, 5.41) is 3.79. The van der Waals surface area contributed by atoms with Crippen molar-refractivity contribution in [1.82, 2.24) is 5.32 Å². The van der Waals surface area contributed by atoms with Gasteiger partial charge in [0.15, 0.2) is 0 Å². The molecule has 0 radical (unpaired) electrons. The zero-order valence-electron chi connectivity index (χ0n) is 11.9. The molecule has 0 amide bonds. The van der Waals surface area contributed by atoms with Crippen molar-refractivity contribution in [1.29, 1.82) is 0 Å². The smallest absolute Gasteiger partial charge is 0.109 e. The van der Waals surface area contributed by atoms with Crippen LogP contribution in [0.2, 0.25) is 0 Å². The minimum absolute atomic E-state index is 0.356. The highest BCUT2D eigenvalue weighted by atomic mass is 16.3. The molecule has 100 valence electrons. The summed E-state index contributed by atoms with van der Waals surface area (Å²) in [7, 11) is 0. The molecule has 1 saturated carbocycles. The van der Waals surface area contributed by atoms with Gasteiger partial charge in [0.2, 0.25) is 0 Å². The number of hydrogen-bond donors (Lipinski definition) is 1. The fourth-order valence-electron chi connectivity index (χ4n) is 3.37. The molecule has 0 bridgehead atoms. The number of rotatable bonds is 3. The quantitative estimate of drug-likeness (QED) is 0.873. The lowest BCUT2D eigenvalue weighted by Crippen LogP contribution is -2.36. The van der Waals surface area contributed by atoms with Gasteiger partial charge < -0.3 is 9.73 Å². The van der Waals surface area contributed by atoms with E-state index in [1.54, 1.807) is 0 Å². The van der Waals surface area contributed by atoms with Gasteiger partial charge in [-0.2, -0.15) is 0 Å². The Labute approximate surface area is 110 Å². The van der Waals surface area contributed by atoms with Crippen molar-refractivity contribution in [3.05, 3.63) is 23.2 Å². The van der Waals surface area contributed by atoms with Crippen molar-refractivity contribution in [2.24, 2.45) is 11.3 Å². The molecule has 1 aromatic rings. The van der Waals surface area contributed by atoms with Gasteiger partial charge in [-0.05, 0) is 50.1 Å². The van der Waals surface area contributed by atoms with Gasteiger partial charge >= 0.3 is 0 Å². The van der Waals surface area contributed by atoms with Gasteiger partial charge in [0, 0.05) is 18.0 Å². The maximum Gasteiger partial charge on any atom is 0.109 e. The summed E-state index contributed by atoms with van der Waals surface area (Å²) in [6.07, 6.45) is 6.57. The van der Waals surface area contributed by atoms with E-state index >= 15 is 0 Å². The molecule has 2 aliphatic carbocycles. The van der Waals surface area contributed by atoms with Gasteiger partial charge in [-0.25, -0.2) is 0 Å². The second-order valence-corrected chi connectivity index (χ2v) is 7.04. The Morgan fingerprint density at radius 1 is 1.39 bits per heavy atom. The van der Waals surface area contributed by atoms with Gasteiger partial charge in [-0.15, -0.1) is 0 Å². The third kappa shape index (κ3) is 2.35. The highest BCUT2D eigenvalue weighted by molar-refractivity contribution is 5.29. The van der Waals surface area contributed by atoms with E-state index in [1.165, 1.54) is 43.6 Å². The summed E-state index contributed by atoms with van der Waals surface area (Å²) in [6.45, 7) is 7.95. The fraction of sp³-hybridized carbons (Fsp3) is 0.750. The molecule has 2 nitrogen and oxygen atoms in total. The minimum atomic E-state index is 0.356. The summed E-state index contributed by atoms with van der Waals surface area (Å²) < 4.78 is 5.88. The maximum atomic E-state index is 5.88. The Morgan fingerprint density at radius 3 is 2.83 bits per heavy atom. The molecule has 0 saturated heterocycles. The molecule has 3 rings (SSSR count). The Morgan fingerprint density at radius 2 is 2.17 bits per heavy atom. The van der Waals surface area contributed by atoms with Crippen LogP contribution in [-0.4, -0.2) is 6.54 Å². The lowest BCUT2D eigenvalue weighted by Gasteiger charge is -2.36. The van der Waals surface area contributed by atoms with Crippen molar-refractivity contribution in [3.63, 3.8) is 0 Å². The number of hydrogen-bond acceptors (Lipinski definition) is 2. The van der Waals surface area contributed by atoms with E-state index < -0.39 is 0 Å². The number of fused-ring (bicyclic) bond motifs is 1. The molecular weight excluding hydrogens is 222 g/mol. The molecule has 1 unspecified atom stereocenters. The molecule has 1 heterocycles. The normalized spacial score (nSPS) is 26.7. The first-order valence-corrected chi connectivity index (χ1v) is 7.36. The lowest BCUT2D eigenvalue weighted by molar-refractivity contribution is 0.216. The van der Waals surface area contributed by atoms with E-state index in [0.29, 0.717) is 11.5 Å². The molecule has 0 aliphatic heterocycles. The lowest BCUT2D eigenvalue weighted by atomic mass is 9.74. The van der Waals surface area contributed by atoms with Crippen LogP contribution in [0.1, 0.15) is 62.7 Å². The molecule has 1 N–H and O–H groups in total. The van der Waals surface area contributed by atoms with Gasteiger partial charge in [-0.1, -0.05) is 20.3 Å². The molecular formula is C16H25NO. The predicted octanol–water partition coefficient (Wildman–Crippen LogP) is 3.99. The summed E-state index contributed by atoms with van der Waals surface area (Å²) in [6, 6.07) is 2.74. The van der Waals surface area contributed by atoms with Crippen LogP contribution < -0.4 is 5.32 Å². The first-order valence-electron chi connectivity index (χ1n) is 7.36. The van der Waals surface area contributed by atoms with Crippen LogP contribution in [0, 0.1) is 18.3 Å². The zero-order valence-corrected chi connectivity index (χ0v) is 11.9. The SMILES string of the molecule is Cc1cc2c(o1)CC(C)(C)CC2NCC1CCC1. The first-order chi connectivity index (χ1) is 8.53. The van der Waals surface area contributed by atoms with Crippen LogP contribution in [0.4, 0.5) is 0 Å². The molecule has 1 fully saturated rings. The van der Waals surface area contributed by atoms with Crippen LogP contribution in [0.15, 0.2) is 10.5 Å². The van der Waals surface area contributed by atoms with Crippen molar-refractivity contribution in [3.8, 4) is 0 Å². The van der Waals surface area contributed by atoms with Crippen LogP contribution in [0.25, 0.3) is 0 Å². The Balaban J connectivity index is 1.75. The van der Waals surface area contributed by atoms with Gasteiger partial charge in [0.1, 0.15) is 11.5 Å². The van der Waals surface area contributed by atoms with Crippen molar-refractivity contribution in [2.45, 2.75) is 58.9 Å². The average Bonchev–Trinajstić information content (AvgIpc) is 2.54. The maximum absolute atomic E-state index is 5.88. The standard InChI is InChI=1S/C16H25NO/c1-11-7-13-14(17-10-12-5-4-6-12)8-16(2,3)9-15(13)18-11/h7,12,14,17H,4-6,8-10H2,1-3H3. The van der Waals surface area contributed by atoms with Gasteiger partial charge in [0.05, 0.1) is 0 Å². The monoisotopic (exact) mass is 247 g/mol. The van der Waals surface area contributed by atoms with Crippen LogP contribution in [-0.2, 0) is 6.42 Å².